The van der Waals surface area contributed by atoms with Crippen LogP contribution < -0.4 is 0 Å². The average Bonchev–Trinajstić information content (AvgIpc) is 3.04. The zero-order valence-corrected chi connectivity index (χ0v) is 25.9. The first-order chi connectivity index (χ1) is 21.0. The molecule has 5 aromatic rings. The standard InChI is InChI=1S/C42H39N/c1-6-32(26-31-15-9-8-10-16-31)41-38-20-14-13-19-37(38)40(36-24-23-33-17-11-12-18-34(33)27-36)30(5)42(41)43-39(7-2)35-22-21-28(3)29(4)25-35/h6,8-15,17-27H,7,16H2,1-5H3/b31-26-,32-6+,43-39?. The smallest absolute Gasteiger partial charge is 0.0753 e. The fourth-order valence-electron chi connectivity index (χ4n) is 6.24. The van der Waals surface area contributed by atoms with Gasteiger partial charge in [0.2, 0.25) is 0 Å². The van der Waals surface area contributed by atoms with E-state index in [0.717, 1.165) is 24.2 Å². The molecule has 212 valence electrons. The number of hydrogen-bond donors (Lipinski definition) is 0. The van der Waals surface area contributed by atoms with E-state index in [0.29, 0.717) is 0 Å². The van der Waals surface area contributed by atoms with Crippen LogP contribution in [-0.2, 0) is 0 Å². The van der Waals surface area contributed by atoms with Crippen LogP contribution in [0.15, 0.2) is 132 Å². The van der Waals surface area contributed by atoms with Crippen LogP contribution in [0.2, 0.25) is 0 Å². The van der Waals surface area contributed by atoms with Gasteiger partial charge in [-0.05, 0) is 119 Å². The highest BCUT2D eigenvalue weighted by molar-refractivity contribution is 6.12. The lowest BCUT2D eigenvalue weighted by molar-refractivity contribution is 1.24. The van der Waals surface area contributed by atoms with Crippen molar-refractivity contribution in [2.24, 2.45) is 4.99 Å². The molecule has 6 rings (SSSR count). The van der Waals surface area contributed by atoms with Crippen LogP contribution in [0.25, 0.3) is 38.2 Å². The monoisotopic (exact) mass is 557 g/mol. The molecule has 0 saturated heterocycles. The minimum Gasteiger partial charge on any atom is -0.252 e. The fraction of sp³-hybridized carbons (Fsp3) is 0.167. The zero-order valence-electron chi connectivity index (χ0n) is 25.9. The molecule has 1 aliphatic rings. The molecule has 0 N–H and O–H groups in total. The lowest BCUT2D eigenvalue weighted by Crippen LogP contribution is -2.02. The largest absolute Gasteiger partial charge is 0.252 e. The van der Waals surface area contributed by atoms with Gasteiger partial charge in [-0.15, -0.1) is 0 Å². The van der Waals surface area contributed by atoms with Crippen LogP contribution in [0.5, 0.6) is 0 Å². The first kappa shape index (κ1) is 28.4. The van der Waals surface area contributed by atoms with Crippen LogP contribution in [0, 0.1) is 20.8 Å². The third-order valence-electron chi connectivity index (χ3n) is 8.74. The average molecular weight is 558 g/mol. The number of aryl methyl sites for hydroxylation is 2. The molecular weight excluding hydrogens is 518 g/mol. The molecule has 0 bridgehead atoms. The van der Waals surface area contributed by atoms with Crippen molar-refractivity contribution in [3.63, 3.8) is 0 Å². The molecule has 0 amide bonds. The van der Waals surface area contributed by atoms with Crippen molar-refractivity contribution in [1.82, 2.24) is 0 Å². The summed E-state index contributed by atoms with van der Waals surface area (Å²) in [7, 11) is 0. The molecule has 0 atom stereocenters. The predicted molar refractivity (Wildman–Crippen MR) is 189 cm³/mol. The van der Waals surface area contributed by atoms with E-state index in [1.807, 2.05) is 0 Å². The minimum absolute atomic E-state index is 0.847. The van der Waals surface area contributed by atoms with Crippen LogP contribution in [0.3, 0.4) is 0 Å². The third-order valence-corrected chi connectivity index (χ3v) is 8.74. The molecule has 0 aromatic heterocycles. The van der Waals surface area contributed by atoms with E-state index >= 15 is 0 Å². The molecule has 43 heavy (non-hydrogen) atoms. The van der Waals surface area contributed by atoms with Crippen LogP contribution in [0.4, 0.5) is 5.69 Å². The maximum absolute atomic E-state index is 5.59. The van der Waals surface area contributed by atoms with Crippen molar-refractivity contribution in [3.05, 3.63) is 155 Å². The molecule has 1 aliphatic carbocycles. The Labute approximate surface area is 256 Å². The Kier molecular flexibility index (Phi) is 8.07. The number of allylic oxidation sites excluding steroid dienone is 8. The lowest BCUT2D eigenvalue weighted by atomic mass is 9.85. The highest BCUT2D eigenvalue weighted by Crippen LogP contribution is 2.45. The van der Waals surface area contributed by atoms with Gasteiger partial charge in [0, 0.05) is 11.3 Å². The van der Waals surface area contributed by atoms with Crippen molar-refractivity contribution in [1.29, 1.82) is 0 Å². The van der Waals surface area contributed by atoms with Crippen LogP contribution in [-0.4, -0.2) is 5.71 Å². The van der Waals surface area contributed by atoms with E-state index in [-0.39, 0.29) is 0 Å². The topological polar surface area (TPSA) is 12.4 Å². The van der Waals surface area contributed by atoms with Gasteiger partial charge >= 0.3 is 0 Å². The Morgan fingerprint density at radius 3 is 2.28 bits per heavy atom. The highest BCUT2D eigenvalue weighted by atomic mass is 14.8. The van der Waals surface area contributed by atoms with Gasteiger partial charge in [-0.1, -0.05) is 116 Å². The van der Waals surface area contributed by atoms with Crippen LogP contribution >= 0.6 is 0 Å². The van der Waals surface area contributed by atoms with E-state index in [2.05, 4.69) is 156 Å². The summed E-state index contributed by atoms with van der Waals surface area (Å²) in [4.78, 5) is 5.59. The van der Waals surface area contributed by atoms with E-state index in [1.165, 1.54) is 71.6 Å². The van der Waals surface area contributed by atoms with Crippen LogP contribution in [0.1, 0.15) is 54.5 Å². The van der Waals surface area contributed by atoms with Gasteiger partial charge in [-0.3, -0.25) is 4.99 Å². The number of aliphatic imine (C=N–C) groups is 1. The number of rotatable bonds is 6. The zero-order chi connectivity index (χ0) is 29.9. The molecule has 0 heterocycles. The third kappa shape index (κ3) is 5.56. The van der Waals surface area contributed by atoms with Gasteiger partial charge in [0.1, 0.15) is 0 Å². The molecule has 0 radical (unpaired) electrons. The van der Waals surface area contributed by atoms with E-state index in [4.69, 9.17) is 4.99 Å². The molecule has 0 saturated carbocycles. The SMILES string of the molecule is C/C=C(\C=C1\C=CC=CC1)c1c(N=C(CC)c2ccc(C)c(C)c2)c(C)c(-c2ccc3ccccc3c2)c2ccccc12. The number of nitrogens with zero attached hydrogens (tertiary/aromatic N) is 1. The maximum atomic E-state index is 5.59. The van der Waals surface area contributed by atoms with Gasteiger partial charge in [0.15, 0.2) is 0 Å². The highest BCUT2D eigenvalue weighted by Gasteiger charge is 2.21. The van der Waals surface area contributed by atoms with E-state index < -0.39 is 0 Å². The molecule has 0 aliphatic heterocycles. The van der Waals surface area contributed by atoms with Crippen molar-refractivity contribution >= 4 is 38.5 Å². The number of hydrogen-bond acceptors (Lipinski definition) is 1. The second-order valence-electron chi connectivity index (χ2n) is 11.5. The van der Waals surface area contributed by atoms with Crippen molar-refractivity contribution in [3.8, 4) is 11.1 Å². The Balaban J connectivity index is 1.69. The predicted octanol–water partition coefficient (Wildman–Crippen LogP) is 12.0. The fourth-order valence-corrected chi connectivity index (χ4v) is 6.24. The summed E-state index contributed by atoms with van der Waals surface area (Å²) in [5, 5.41) is 4.98. The van der Waals surface area contributed by atoms with Crippen molar-refractivity contribution in [2.45, 2.75) is 47.5 Å². The molecule has 0 fully saturated rings. The van der Waals surface area contributed by atoms with Gasteiger partial charge in [-0.2, -0.15) is 0 Å². The summed E-state index contributed by atoms with van der Waals surface area (Å²) in [5.74, 6) is 0. The quantitative estimate of drug-likeness (QED) is 0.184. The number of benzene rings is 5. The first-order valence-electron chi connectivity index (χ1n) is 15.4. The van der Waals surface area contributed by atoms with Crippen molar-refractivity contribution in [2.75, 3.05) is 0 Å². The van der Waals surface area contributed by atoms with Gasteiger partial charge in [-0.25, -0.2) is 0 Å². The molecule has 1 heteroatoms. The summed E-state index contributed by atoms with van der Waals surface area (Å²) < 4.78 is 0. The molecule has 0 spiro atoms. The van der Waals surface area contributed by atoms with Gasteiger partial charge in [0.25, 0.3) is 0 Å². The van der Waals surface area contributed by atoms with E-state index in [9.17, 15) is 0 Å². The first-order valence-corrected chi connectivity index (χ1v) is 15.4. The molecule has 0 unspecified atom stereocenters. The second kappa shape index (κ2) is 12.2. The summed E-state index contributed by atoms with van der Waals surface area (Å²) in [5.41, 5.74) is 13.3. The molecule has 5 aromatic carbocycles. The summed E-state index contributed by atoms with van der Waals surface area (Å²) >= 11 is 0. The Bertz CT molecular complexity index is 2010. The summed E-state index contributed by atoms with van der Waals surface area (Å²) in [6.07, 6.45) is 15.1. The van der Waals surface area contributed by atoms with Gasteiger partial charge in [0.05, 0.1) is 5.69 Å². The molecular formula is C42H39N. The van der Waals surface area contributed by atoms with Gasteiger partial charge < -0.3 is 0 Å². The number of fused-ring (bicyclic) bond motifs is 2. The lowest BCUT2D eigenvalue weighted by Gasteiger charge is -2.21. The Morgan fingerprint density at radius 1 is 0.791 bits per heavy atom. The van der Waals surface area contributed by atoms with Crippen molar-refractivity contribution < 1.29 is 0 Å². The minimum atomic E-state index is 0.847. The summed E-state index contributed by atoms with van der Waals surface area (Å²) in [6, 6.07) is 31.1. The Hall–Kier alpha value is -4.75. The molecule has 1 nitrogen and oxygen atoms in total. The maximum Gasteiger partial charge on any atom is 0.0753 e. The van der Waals surface area contributed by atoms with E-state index in [1.54, 1.807) is 0 Å². The summed E-state index contributed by atoms with van der Waals surface area (Å²) in [6.45, 7) is 11.0. The Morgan fingerprint density at radius 2 is 1.56 bits per heavy atom. The normalized spacial score (nSPS) is 14.8. The second-order valence-corrected chi connectivity index (χ2v) is 11.5.